The normalized spacial score (nSPS) is 24.3. The van der Waals surface area contributed by atoms with Crippen molar-refractivity contribution in [2.24, 2.45) is 5.92 Å². The lowest BCUT2D eigenvalue weighted by Crippen LogP contribution is -2.57. The fraction of sp³-hybridized carbons (Fsp3) is 0.643. The summed E-state index contributed by atoms with van der Waals surface area (Å²) in [7, 11) is 1.49. The molecule has 1 aliphatic heterocycles. The van der Waals surface area contributed by atoms with E-state index in [2.05, 4.69) is 5.32 Å². The molecule has 1 heterocycles. The van der Waals surface area contributed by atoms with E-state index in [1.807, 2.05) is 6.92 Å². The van der Waals surface area contributed by atoms with E-state index in [9.17, 15) is 24.9 Å². The average molecular weight is 533 g/mol. The Bertz CT molecular complexity index is 1020. The predicted molar refractivity (Wildman–Crippen MR) is 139 cm³/mol. The highest BCUT2D eigenvalue weighted by Gasteiger charge is 2.51. The first kappa shape index (κ1) is 28.4. The van der Waals surface area contributed by atoms with E-state index in [0.717, 1.165) is 25.7 Å². The summed E-state index contributed by atoms with van der Waals surface area (Å²) in [6.07, 6.45) is 3.94. The molecule has 1 fully saturated rings. The number of carbonyl (C=O) groups excluding carboxylic acids is 2. The van der Waals surface area contributed by atoms with Gasteiger partial charge >= 0.3 is 0 Å². The highest BCUT2D eigenvalue weighted by Crippen LogP contribution is 2.51. The Morgan fingerprint density at radius 2 is 1.97 bits per heavy atom. The van der Waals surface area contributed by atoms with Gasteiger partial charge in [0.25, 0.3) is 0 Å². The highest BCUT2D eigenvalue weighted by atomic mass is 16.5. The Morgan fingerprint density at radius 1 is 1.21 bits per heavy atom. The summed E-state index contributed by atoms with van der Waals surface area (Å²) in [5.74, 6) is -0.370. The first-order valence-electron chi connectivity index (χ1n) is 13.6. The number of nitrogens with one attached hydrogen (secondary N) is 1. The van der Waals surface area contributed by atoms with E-state index < -0.39 is 30.1 Å². The molecule has 2 aliphatic carbocycles. The molecule has 1 saturated carbocycles. The predicted octanol–water partition coefficient (Wildman–Crippen LogP) is 1.26. The van der Waals surface area contributed by atoms with Gasteiger partial charge in [-0.15, -0.1) is 0 Å². The number of fused-ring (bicyclic) bond motifs is 3. The minimum absolute atomic E-state index is 0.0245. The number of nitrogens with zero attached hydrogens (tertiary/aromatic N) is 1. The van der Waals surface area contributed by atoms with Crippen LogP contribution in [0.1, 0.15) is 56.1 Å². The minimum Gasteiger partial charge on any atom is -0.493 e. The molecule has 4 N–H and O–H groups in total. The van der Waals surface area contributed by atoms with Gasteiger partial charge in [-0.05, 0) is 50.0 Å². The quantitative estimate of drug-likeness (QED) is 0.295. The van der Waals surface area contributed by atoms with Crippen molar-refractivity contribution in [3.8, 4) is 11.5 Å². The lowest BCUT2D eigenvalue weighted by Gasteiger charge is -2.41. The summed E-state index contributed by atoms with van der Waals surface area (Å²) in [4.78, 5) is 28.8. The van der Waals surface area contributed by atoms with E-state index in [1.54, 1.807) is 23.1 Å². The molecule has 1 aromatic rings. The van der Waals surface area contributed by atoms with E-state index in [0.29, 0.717) is 54.4 Å². The fourth-order valence-electron chi connectivity index (χ4n) is 5.91. The number of aliphatic hydroxyl groups is 3. The lowest BCUT2D eigenvalue weighted by molar-refractivity contribution is -0.141. The molecule has 0 saturated heterocycles. The Hall–Kier alpha value is -2.66. The Labute approximate surface area is 223 Å². The van der Waals surface area contributed by atoms with Crippen molar-refractivity contribution in [3.63, 3.8) is 0 Å². The molecule has 10 nitrogen and oxygen atoms in total. The molecule has 4 rings (SSSR count). The zero-order valence-electron chi connectivity index (χ0n) is 22.2. The van der Waals surface area contributed by atoms with Crippen molar-refractivity contribution < 1.29 is 39.1 Å². The average Bonchev–Trinajstić information content (AvgIpc) is 3.61. The molecule has 4 atom stereocenters. The number of hydrogen-bond acceptors (Lipinski definition) is 8. The number of aliphatic hydroxyl groups excluding tert-OH is 3. The smallest absolute Gasteiger partial charge is 0.247 e. The Balaban J connectivity index is 1.75. The first-order chi connectivity index (χ1) is 18.4. The maximum atomic E-state index is 13.7. The molecular weight excluding hydrogens is 492 g/mol. The minimum atomic E-state index is -1.11. The zero-order chi connectivity index (χ0) is 27.2. The molecule has 4 unspecified atom stereocenters. The fourth-order valence-corrected chi connectivity index (χ4v) is 5.91. The summed E-state index contributed by atoms with van der Waals surface area (Å²) in [6, 6.07) is 2.64. The third kappa shape index (κ3) is 5.68. The molecular formula is C28H40N2O8. The van der Waals surface area contributed by atoms with Crippen LogP contribution in [-0.2, 0) is 20.9 Å². The number of carbonyl (C=O) groups is 2. The van der Waals surface area contributed by atoms with Gasteiger partial charge in [-0.1, -0.05) is 12.8 Å². The van der Waals surface area contributed by atoms with Crippen molar-refractivity contribution in [1.29, 1.82) is 0 Å². The maximum Gasteiger partial charge on any atom is 0.247 e. The summed E-state index contributed by atoms with van der Waals surface area (Å²) >= 11 is 0. The van der Waals surface area contributed by atoms with Gasteiger partial charge in [0.1, 0.15) is 12.2 Å². The van der Waals surface area contributed by atoms with Crippen molar-refractivity contribution in [1.82, 2.24) is 10.2 Å². The van der Waals surface area contributed by atoms with E-state index in [-0.39, 0.29) is 31.6 Å². The van der Waals surface area contributed by atoms with Crippen LogP contribution in [0.4, 0.5) is 0 Å². The maximum absolute atomic E-state index is 13.7. The number of ether oxygens (including phenoxy) is 3. The van der Waals surface area contributed by atoms with Gasteiger partial charge in [-0.3, -0.25) is 9.59 Å². The third-order valence-corrected chi connectivity index (χ3v) is 7.73. The highest BCUT2D eigenvalue weighted by molar-refractivity contribution is 5.96. The van der Waals surface area contributed by atoms with Crippen LogP contribution in [0.15, 0.2) is 23.8 Å². The van der Waals surface area contributed by atoms with E-state index in [1.165, 1.54) is 7.11 Å². The van der Waals surface area contributed by atoms with Crippen LogP contribution in [0.25, 0.3) is 0 Å². The van der Waals surface area contributed by atoms with Crippen molar-refractivity contribution in [2.45, 2.75) is 69.8 Å². The molecule has 3 aliphatic rings. The Kier molecular flexibility index (Phi) is 9.64. The van der Waals surface area contributed by atoms with Gasteiger partial charge in [0.15, 0.2) is 11.5 Å². The van der Waals surface area contributed by atoms with Gasteiger partial charge in [-0.25, -0.2) is 0 Å². The summed E-state index contributed by atoms with van der Waals surface area (Å²) in [5.41, 5.74) is 1.57. The van der Waals surface area contributed by atoms with Crippen LogP contribution in [0.2, 0.25) is 0 Å². The van der Waals surface area contributed by atoms with Crippen LogP contribution >= 0.6 is 0 Å². The zero-order valence-corrected chi connectivity index (χ0v) is 22.2. The van der Waals surface area contributed by atoms with Gasteiger partial charge in [-0.2, -0.15) is 0 Å². The molecule has 0 spiro atoms. The van der Waals surface area contributed by atoms with Crippen LogP contribution in [0, 0.1) is 5.92 Å². The van der Waals surface area contributed by atoms with Crippen molar-refractivity contribution in [2.75, 3.05) is 40.0 Å². The van der Waals surface area contributed by atoms with Gasteiger partial charge in [0.05, 0.1) is 32.3 Å². The van der Waals surface area contributed by atoms with Gasteiger partial charge in [0.2, 0.25) is 11.8 Å². The molecule has 0 radical (unpaired) electrons. The summed E-state index contributed by atoms with van der Waals surface area (Å²) < 4.78 is 17.3. The van der Waals surface area contributed by atoms with Crippen LogP contribution in [-0.4, -0.2) is 90.3 Å². The number of amides is 2. The van der Waals surface area contributed by atoms with E-state index in [4.69, 9.17) is 14.2 Å². The van der Waals surface area contributed by atoms with Crippen LogP contribution in [0.3, 0.4) is 0 Å². The van der Waals surface area contributed by atoms with Crippen molar-refractivity contribution >= 4 is 11.8 Å². The second-order valence-corrected chi connectivity index (χ2v) is 10.1. The van der Waals surface area contributed by atoms with Crippen LogP contribution in [0.5, 0.6) is 11.5 Å². The van der Waals surface area contributed by atoms with E-state index >= 15 is 0 Å². The third-order valence-electron chi connectivity index (χ3n) is 7.73. The summed E-state index contributed by atoms with van der Waals surface area (Å²) in [6.45, 7) is 2.96. The number of hydrogen-bond donors (Lipinski definition) is 4. The molecule has 0 bridgehead atoms. The van der Waals surface area contributed by atoms with Gasteiger partial charge in [0, 0.05) is 43.4 Å². The molecule has 210 valence electrons. The second-order valence-electron chi connectivity index (χ2n) is 10.1. The number of methoxy groups -OCH3 is 1. The monoisotopic (exact) mass is 532 g/mol. The largest absolute Gasteiger partial charge is 0.493 e. The number of benzene rings is 1. The SMILES string of the molecule is CCOCCCN(C(=O)C1CCCC1)C1C=C(C(=O)NCCO)C2c3cc(CO)cc(OC)c3OC2C1O. The molecule has 10 heteroatoms. The molecule has 2 amide bonds. The molecule has 38 heavy (non-hydrogen) atoms. The van der Waals surface area contributed by atoms with Crippen LogP contribution < -0.4 is 14.8 Å². The topological polar surface area (TPSA) is 138 Å². The lowest BCUT2D eigenvalue weighted by atomic mass is 9.77. The second kappa shape index (κ2) is 12.9. The first-order valence-corrected chi connectivity index (χ1v) is 13.6. The molecule has 1 aromatic carbocycles. The number of rotatable bonds is 12. The van der Waals surface area contributed by atoms with Gasteiger partial charge < -0.3 is 39.7 Å². The Morgan fingerprint density at radius 3 is 2.63 bits per heavy atom. The standard InChI is InChI=1S/C28H40N2O8/c1-3-37-12-6-10-30(28(35)18-7-4-5-8-18)21-15-20(27(34)29-9-11-31)23-19-13-17(16-32)14-22(36-2)25(19)38-26(23)24(21)33/h13-15,18,21,23-24,26,31-33H,3-12,16H2,1-2H3,(H,29,34). The summed E-state index contributed by atoms with van der Waals surface area (Å²) in [5, 5.41) is 33.5. The molecule has 0 aromatic heterocycles. The van der Waals surface area contributed by atoms with Crippen molar-refractivity contribution in [3.05, 3.63) is 34.9 Å².